The van der Waals surface area contributed by atoms with E-state index < -0.39 is 0 Å². The van der Waals surface area contributed by atoms with Gasteiger partial charge in [-0.05, 0) is 39.2 Å². The minimum absolute atomic E-state index is 0.0615. The SMILES string of the molecule is CC(N)c1nc(CN2CCCC(C)C2C)cs1. The van der Waals surface area contributed by atoms with Gasteiger partial charge in [0.1, 0.15) is 5.01 Å². The molecule has 3 nitrogen and oxygen atoms in total. The smallest absolute Gasteiger partial charge is 0.109 e. The summed E-state index contributed by atoms with van der Waals surface area (Å²) in [5.41, 5.74) is 7.03. The molecule has 0 radical (unpaired) electrons. The number of rotatable bonds is 3. The molecule has 4 heteroatoms. The lowest BCUT2D eigenvalue weighted by atomic mass is 9.92. The fraction of sp³-hybridized carbons (Fsp3) is 0.769. The van der Waals surface area contributed by atoms with Gasteiger partial charge >= 0.3 is 0 Å². The Morgan fingerprint density at radius 3 is 3.00 bits per heavy atom. The van der Waals surface area contributed by atoms with Crippen LogP contribution in [0.5, 0.6) is 0 Å². The first-order valence-electron chi connectivity index (χ1n) is 6.52. The standard InChI is InChI=1S/C13H23N3S/c1-9-5-4-6-16(11(9)3)7-12-8-17-13(15-12)10(2)14/h8-11H,4-7,14H2,1-3H3. The molecular formula is C13H23N3S. The molecule has 0 aromatic carbocycles. The highest BCUT2D eigenvalue weighted by molar-refractivity contribution is 7.09. The Morgan fingerprint density at radius 2 is 2.35 bits per heavy atom. The van der Waals surface area contributed by atoms with Crippen LogP contribution in [0.2, 0.25) is 0 Å². The van der Waals surface area contributed by atoms with E-state index in [-0.39, 0.29) is 6.04 Å². The second-order valence-electron chi connectivity index (χ2n) is 5.30. The van der Waals surface area contributed by atoms with Crippen molar-refractivity contribution < 1.29 is 0 Å². The summed E-state index contributed by atoms with van der Waals surface area (Å²) in [7, 11) is 0. The zero-order valence-corrected chi connectivity index (χ0v) is 11.8. The molecule has 2 heterocycles. The highest BCUT2D eigenvalue weighted by Gasteiger charge is 2.25. The summed E-state index contributed by atoms with van der Waals surface area (Å²) in [4.78, 5) is 7.16. The van der Waals surface area contributed by atoms with Crippen molar-refractivity contribution in [3.63, 3.8) is 0 Å². The lowest BCUT2D eigenvalue weighted by molar-refractivity contribution is 0.105. The predicted molar refractivity (Wildman–Crippen MR) is 73.0 cm³/mol. The van der Waals surface area contributed by atoms with Crippen LogP contribution in [-0.4, -0.2) is 22.5 Å². The van der Waals surface area contributed by atoms with Gasteiger partial charge in [-0.2, -0.15) is 0 Å². The van der Waals surface area contributed by atoms with E-state index in [0.717, 1.165) is 17.5 Å². The first-order valence-corrected chi connectivity index (χ1v) is 7.40. The van der Waals surface area contributed by atoms with E-state index in [1.54, 1.807) is 11.3 Å². The minimum atomic E-state index is 0.0615. The molecule has 3 unspecified atom stereocenters. The van der Waals surface area contributed by atoms with E-state index in [9.17, 15) is 0 Å². The Balaban J connectivity index is 1.99. The third-order valence-corrected chi connectivity index (χ3v) is 4.92. The molecule has 0 spiro atoms. The number of thiazole rings is 1. The maximum atomic E-state index is 5.84. The van der Waals surface area contributed by atoms with Gasteiger partial charge in [-0.25, -0.2) is 4.98 Å². The van der Waals surface area contributed by atoms with Crippen LogP contribution < -0.4 is 5.73 Å². The van der Waals surface area contributed by atoms with Crippen LogP contribution in [0.3, 0.4) is 0 Å². The van der Waals surface area contributed by atoms with E-state index >= 15 is 0 Å². The van der Waals surface area contributed by atoms with Crippen molar-refractivity contribution in [1.29, 1.82) is 0 Å². The maximum Gasteiger partial charge on any atom is 0.109 e. The van der Waals surface area contributed by atoms with Crippen molar-refractivity contribution in [3.8, 4) is 0 Å². The van der Waals surface area contributed by atoms with Crippen LogP contribution >= 0.6 is 11.3 Å². The van der Waals surface area contributed by atoms with Crippen molar-refractivity contribution in [2.24, 2.45) is 11.7 Å². The van der Waals surface area contributed by atoms with Crippen LogP contribution in [0.25, 0.3) is 0 Å². The van der Waals surface area contributed by atoms with Crippen molar-refractivity contribution in [2.75, 3.05) is 6.54 Å². The monoisotopic (exact) mass is 253 g/mol. The molecule has 1 aromatic heterocycles. The van der Waals surface area contributed by atoms with Crippen molar-refractivity contribution in [1.82, 2.24) is 9.88 Å². The van der Waals surface area contributed by atoms with Gasteiger partial charge in [0.2, 0.25) is 0 Å². The average molecular weight is 253 g/mol. The number of aromatic nitrogens is 1. The van der Waals surface area contributed by atoms with Gasteiger partial charge < -0.3 is 5.73 Å². The summed E-state index contributed by atoms with van der Waals surface area (Å²) < 4.78 is 0. The summed E-state index contributed by atoms with van der Waals surface area (Å²) in [5, 5.41) is 3.21. The molecule has 1 saturated heterocycles. The lowest BCUT2D eigenvalue weighted by Gasteiger charge is -2.37. The highest BCUT2D eigenvalue weighted by atomic mass is 32.1. The molecule has 0 aliphatic carbocycles. The number of hydrogen-bond acceptors (Lipinski definition) is 4. The number of nitrogens with zero attached hydrogens (tertiary/aromatic N) is 2. The van der Waals surface area contributed by atoms with Gasteiger partial charge in [0, 0.05) is 18.0 Å². The van der Waals surface area contributed by atoms with Crippen LogP contribution in [-0.2, 0) is 6.54 Å². The Hall–Kier alpha value is -0.450. The molecule has 17 heavy (non-hydrogen) atoms. The van der Waals surface area contributed by atoms with E-state index in [4.69, 9.17) is 5.73 Å². The highest BCUT2D eigenvalue weighted by Crippen LogP contribution is 2.25. The second kappa shape index (κ2) is 5.46. The van der Waals surface area contributed by atoms with Crippen LogP contribution in [0.15, 0.2) is 5.38 Å². The molecule has 1 aliphatic rings. The summed E-state index contributed by atoms with van der Waals surface area (Å²) in [6.45, 7) is 8.87. The molecule has 1 aliphatic heterocycles. The van der Waals surface area contributed by atoms with E-state index in [2.05, 4.69) is 29.1 Å². The van der Waals surface area contributed by atoms with Gasteiger partial charge in [-0.15, -0.1) is 11.3 Å². The zero-order chi connectivity index (χ0) is 12.4. The summed E-state index contributed by atoms with van der Waals surface area (Å²) in [6, 6.07) is 0.732. The fourth-order valence-corrected chi connectivity index (χ4v) is 3.23. The summed E-state index contributed by atoms with van der Waals surface area (Å²) in [5.74, 6) is 0.801. The Kier molecular flexibility index (Phi) is 4.17. The Bertz CT molecular complexity index is 361. The number of nitrogens with two attached hydrogens (primary N) is 1. The summed E-state index contributed by atoms with van der Waals surface area (Å²) >= 11 is 1.69. The molecule has 96 valence electrons. The fourth-order valence-electron chi connectivity index (χ4n) is 2.46. The largest absolute Gasteiger partial charge is 0.322 e. The first-order chi connectivity index (χ1) is 8.08. The first kappa shape index (κ1) is 13.0. The number of likely N-dealkylation sites (tertiary alicyclic amines) is 1. The van der Waals surface area contributed by atoms with Gasteiger partial charge in [-0.3, -0.25) is 4.90 Å². The Labute approximate surface area is 108 Å². The molecule has 2 N–H and O–H groups in total. The molecular weight excluding hydrogens is 230 g/mol. The quantitative estimate of drug-likeness (QED) is 0.900. The second-order valence-corrected chi connectivity index (χ2v) is 6.19. The minimum Gasteiger partial charge on any atom is -0.322 e. The van der Waals surface area contributed by atoms with E-state index in [1.807, 2.05) is 6.92 Å². The molecule has 1 aromatic rings. The van der Waals surface area contributed by atoms with Gasteiger partial charge in [0.15, 0.2) is 0 Å². The van der Waals surface area contributed by atoms with Crippen molar-refractivity contribution >= 4 is 11.3 Å². The van der Waals surface area contributed by atoms with Gasteiger partial charge in [0.25, 0.3) is 0 Å². The molecule has 1 fully saturated rings. The van der Waals surface area contributed by atoms with Crippen LogP contribution in [0, 0.1) is 5.92 Å². The van der Waals surface area contributed by atoms with E-state index in [1.165, 1.54) is 25.1 Å². The normalized spacial score (nSPS) is 28.2. The topological polar surface area (TPSA) is 42.1 Å². The van der Waals surface area contributed by atoms with E-state index in [0.29, 0.717) is 6.04 Å². The van der Waals surface area contributed by atoms with Crippen molar-refractivity contribution in [3.05, 3.63) is 16.1 Å². The molecule has 0 amide bonds. The third kappa shape index (κ3) is 3.06. The molecule has 3 atom stereocenters. The van der Waals surface area contributed by atoms with Crippen molar-refractivity contribution in [2.45, 2.75) is 52.2 Å². The number of piperidine rings is 1. The zero-order valence-electron chi connectivity index (χ0n) is 11.0. The molecule has 2 rings (SSSR count). The number of hydrogen-bond donors (Lipinski definition) is 1. The predicted octanol–water partition coefficient (Wildman–Crippen LogP) is 2.78. The molecule has 0 saturated carbocycles. The van der Waals surface area contributed by atoms with Gasteiger partial charge in [0.05, 0.1) is 11.7 Å². The average Bonchev–Trinajstić information content (AvgIpc) is 2.73. The van der Waals surface area contributed by atoms with Crippen LogP contribution in [0.1, 0.15) is 50.4 Å². The Morgan fingerprint density at radius 1 is 1.59 bits per heavy atom. The van der Waals surface area contributed by atoms with Crippen LogP contribution in [0.4, 0.5) is 0 Å². The summed E-state index contributed by atoms with van der Waals surface area (Å²) in [6.07, 6.45) is 2.68. The maximum absolute atomic E-state index is 5.84. The third-order valence-electron chi connectivity index (χ3n) is 3.83. The van der Waals surface area contributed by atoms with Gasteiger partial charge in [-0.1, -0.05) is 6.92 Å². The molecule has 0 bridgehead atoms. The lowest BCUT2D eigenvalue weighted by Crippen LogP contribution is -2.41.